The Bertz CT molecular complexity index is 1140. The first-order valence-corrected chi connectivity index (χ1v) is 11.8. The third kappa shape index (κ3) is 7.85. The number of nitrogens with one attached hydrogen (secondary N) is 2. The molecule has 0 radical (unpaired) electrons. The summed E-state index contributed by atoms with van der Waals surface area (Å²) in [6.07, 6.45) is -5.58. The van der Waals surface area contributed by atoms with Crippen LogP contribution >= 0.6 is 34.8 Å². The molecule has 0 aromatic heterocycles. The van der Waals surface area contributed by atoms with Crippen LogP contribution in [0.3, 0.4) is 0 Å². The van der Waals surface area contributed by atoms with E-state index in [9.17, 15) is 26.7 Å². The summed E-state index contributed by atoms with van der Waals surface area (Å²) in [5.41, 5.74) is 0.387. The highest BCUT2D eigenvalue weighted by Crippen LogP contribution is 2.41. The largest absolute Gasteiger partial charge is 0.399 e. The second-order valence-corrected chi connectivity index (χ2v) is 9.42. The van der Waals surface area contributed by atoms with Gasteiger partial charge in [-0.25, -0.2) is 8.78 Å². The van der Waals surface area contributed by atoms with Crippen molar-refractivity contribution in [3.05, 3.63) is 80.3 Å². The quantitative estimate of drug-likeness (QED) is 0.300. The molecule has 0 saturated heterocycles. The topological polar surface area (TPSA) is 41.1 Å². The molecule has 2 unspecified atom stereocenters. The van der Waals surface area contributed by atoms with E-state index in [1.807, 2.05) is 0 Å². The number of aryl methyl sites for hydroxylation is 1. The van der Waals surface area contributed by atoms with E-state index in [0.717, 1.165) is 12.1 Å². The Kier molecular flexibility index (Phi) is 10.2. The fourth-order valence-corrected chi connectivity index (χ4v) is 3.94. The lowest BCUT2D eigenvalue weighted by Gasteiger charge is -2.20. The number of halogens is 8. The molecule has 0 spiro atoms. The zero-order chi connectivity index (χ0) is 27.4. The summed E-state index contributed by atoms with van der Waals surface area (Å²) in [7, 11) is 0. The van der Waals surface area contributed by atoms with Gasteiger partial charge in [-0.1, -0.05) is 59.6 Å². The average Bonchev–Trinajstić information content (AvgIpc) is 2.77. The van der Waals surface area contributed by atoms with Crippen molar-refractivity contribution in [2.75, 3.05) is 6.54 Å². The third-order valence-electron chi connectivity index (χ3n) is 5.17. The number of amides is 1. The van der Waals surface area contributed by atoms with Crippen molar-refractivity contribution < 1.29 is 26.7 Å². The monoisotopic (exact) mass is 568 g/mol. The normalized spacial score (nSPS) is 14.7. The van der Waals surface area contributed by atoms with Crippen LogP contribution in [0.25, 0.3) is 11.5 Å². The van der Waals surface area contributed by atoms with Gasteiger partial charge in [0, 0.05) is 23.4 Å². The van der Waals surface area contributed by atoms with Crippen LogP contribution in [0.2, 0.25) is 15.1 Å². The first-order chi connectivity index (χ1) is 16.6. The van der Waals surface area contributed by atoms with Crippen molar-refractivity contribution in [2.45, 2.75) is 45.1 Å². The van der Waals surface area contributed by atoms with Gasteiger partial charge in [0.1, 0.15) is 24.0 Å². The molecule has 0 heterocycles. The second-order valence-electron chi connectivity index (χ2n) is 8.23. The van der Waals surface area contributed by atoms with Gasteiger partial charge in [-0.3, -0.25) is 4.79 Å². The maximum absolute atomic E-state index is 15.0. The van der Waals surface area contributed by atoms with Gasteiger partial charge < -0.3 is 10.6 Å². The zero-order valence-electron chi connectivity index (χ0n) is 19.5. The van der Waals surface area contributed by atoms with Crippen LogP contribution in [0, 0.1) is 6.92 Å². The molecule has 0 aliphatic carbocycles. The summed E-state index contributed by atoms with van der Waals surface area (Å²) < 4.78 is 69.3. The second kappa shape index (κ2) is 12.3. The number of hydrogen-bond acceptors (Lipinski definition) is 2. The Hall–Kier alpha value is -2.29. The van der Waals surface area contributed by atoms with Gasteiger partial charge in [-0.2, -0.15) is 13.2 Å². The van der Waals surface area contributed by atoms with Gasteiger partial charge in [0.15, 0.2) is 0 Å². The van der Waals surface area contributed by atoms with E-state index in [1.165, 1.54) is 39.0 Å². The van der Waals surface area contributed by atoms with E-state index in [0.29, 0.717) is 17.2 Å². The van der Waals surface area contributed by atoms with Crippen molar-refractivity contribution >= 4 is 52.2 Å². The van der Waals surface area contributed by atoms with E-state index in [2.05, 4.69) is 17.2 Å². The van der Waals surface area contributed by atoms with Crippen LogP contribution in [-0.2, 0) is 4.79 Å². The smallest absolute Gasteiger partial charge is 0.374 e. The van der Waals surface area contributed by atoms with Gasteiger partial charge in [0.05, 0.1) is 15.1 Å². The number of hydrogen-bond donors (Lipinski definition) is 2. The van der Waals surface area contributed by atoms with Gasteiger partial charge in [-0.15, -0.1) is 0 Å². The lowest BCUT2D eigenvalue weighted by molar-refractivity contribution is -0.139. The molecule has 2 rings (SSSR count). The summed E-state index contributed by atoms with van der Waals surface area (Å²) >= 11 is 18.1. The maximum Gasteiger partial charge on any atom is 0.399 e. The van der Waals surface area contributed by atoms with Gasteiger partial charge in [0.25, 0.3) is 0 Å². The van der Waals surface area contributed by atoms with E-state index in [4.69, 9.17) is 34.8 Å². The summed E-state index contributed by atoms with van der Waals surface area (Å²) in [6, 6.07) is 5.22. The first-order valence-electron chi connectivity index (χ1n) is 10.7. The fraction of sp³-hybridized carbons (Fsp3) is 0.320. The minimum atomic E-state index is -4.81. The van der Waals surface area contributed by atoms with Crippen LogP contribution in [0.4, 0.5) is 22.0 Å². The van der Waals surface area contributed by atoms with Crippen molar-refractivity contribution in [3.63, 3.8) is 0 Å². The summed E-state index contributed by atoms with van der Waals surface area (Å²) in [4.78, 5) is 12.0. The van der Waals surface area contributed by atoms with E-state index >= 15 is 0 Å². The predicted molar refractivity (Wildman–Crippen MR) is 136 cm³/mol. The Morgan fingerprint density at radius 3 is 2.28 bits per heavy atom. The fourth-order valence-electron chi connectivity index (χ4n) is 3.26. The minimum absolute atomic E-state index is 0.00696. The first kappa shape index (κ1) is 29.9. The highest BCUT2D eigenvalue weighted by Gasteiger charge is 2.40. The molecule has 36 heavy (non-hydrogen) atoms. The number of alkyl halides is 4. The highest BCUT2D eigenvalue weighted by atomic mass is 35.5. The van der Waals surface area contributed by atoms with Crippen LogP contribution in [-0.4, -0.2) is 30.8 Å². The molecule has 0 aliphatic rings. The number of rotatable bonds is 9. The lowest BCUT2D eigenvalue weighted by atomic mass is 9.95. The van der Waals surface area contributed by atoms with Gasteiger partial charge in [-0.05, 0) is 50.1 Å². The van der Waals surface area contributed by atoms with Crippen LogP contribution in [0.15, 0.2) is 43.0 Å². The predicted octanol–water partition coefficient (Wildman–Crippen LogP) is 8.03. The molecule has 2 aromatic rings. The van der Waals surface area contributed by atoms with Crippen LogP contribution in [0.5, 0.6) is 0 Å². The maximum atomic E-state index is 15.0. The lowest BCUT2D eigenvalue weighted by Crippen LogP contribution is -2.43. The molecular weight excluding hydrogens is 546 g/mol. The van der Waals surface area contributed by atoms with E-state index < -0.39 is 36.0 Å². The molecule has 3 nitrogen and oxygen atoms in total. The highest BCUT2D eigenvalue weighted by molar-refractivity contribution is 6.42. The molecule has 11 heteroatoms. The van der Waals surface area contributed by atoms with Crippen molar-refractivity contribution in [3.8, 4) is 0 Å². The van der Waals surface area contributed by atoms with Gasteiger partial charge in [0.2, 0.25) is 5.91 Å². The molecule has 2 N–H and O–H groups in total. The standard InChI is InChI=1S/C25H24Cl3F5N2O/c1-12-7-17(9-21(27)23(12)28)19(25(31,32)33)10-22(30)16-5-6-18(20(26)8-16)14(3)35-15(4)24(36)34-11-13(2)29/h5-10,13,15,19,35H,3,11H2,1-2,4H3,(H,34,36)/b22-10-/t13?,15-,19?/m1/s1. The van der Waals surface area contributed by atoms with Crippen molar-refractivity contribution in [2.24, 2.45) is 0 Å². The Balaban J connectivity index is 2.29. The molecule has 2 aromatic carbocycles. The number of benzene rings is 2. The molecule has 3 atom stereocenters. The number of carbonyl (C=O) groups is 1. The molecule has 0 bridgehead atoms. The average molecular weight is 570 g/mol. The molecular formula is C25H24Cl3F5N2O. The molecule has 196 valence electrons. The number of allylic oxidation sites excluding steroid dienone is 1. The molecule has 0 fully saturated rings. The van der Waals surface area contributed by atoms with Crippen LogP contribution < -0.4 is 10.6 Å². The van der Waals surface area contributed by atoms with E-state index in [1.54, 1.807) is 0 Å². The molecule has 0 saturated carbocycles. The van der Waals surface area contributed by atoms with E-state index in [-0.39, 0.29) is 38.4 Å². The van der Waals surface area contributed by atoms with Crippen molar-refractivity contribution in [1.29, 1.82) is 0 Å². The van der Waals surface area contributed by atoms with Crippen LogP contribution in [0.1, 0.15) is 42.0 Å². The Morgan fingerprint density at radius 2 is 1.75 bits per heavy atom. The van der Waals surface area contributed by atoms with Gasteiger partial charge >= 0.3 is 6.18 Å². The number of carbonyl (C=O) groups excluding carboxylic acids is 1. The Morgan fingerprint density at radius 1 is 1.11 bits per heavy atom. The van der Waals surface area contributed by atoms with Crippen molar-refractivity contribution in [1.82, 2.24) is 10.6 Å². The third-order valence-corrected chi connectivity index (χ3v) is 6.38. The Labute approximate surface area is 221 Å². The molecule has 1 amide bonds. The minimum Gasteiger partial charge on any atom is -0.374 e. The zero-order valence-corrected chi connectivity index (χ0v) is 21.8. The SMILES string of the molecule is C=C(N[C@H](C)C(=O)NCC(C)F)c1ccc(/C(F)=C/C(c2cc(C)c(Cl)c(Cl)c2)C(F)(F)F)cc1Cl. The summed E-state index contributed by atoms with van der Waals surface area (Å²) in [5.74, 6) is -3.91. The summed E-state index contributed by atoms with van der Waals surface area (Å²) in [6.45, 7) is 7.96. The molecule has 0 aliphatic heterocycles. The summed E-state index contributed by atoms with van der Waals surface area (Å²) in [5, 5.41) is 5.26.